The van der Waals surface area contributed by atoms with E-state index in [0.717, 1.165) is 4.88 Å². The number of aryl methyl sites for hydroxylation is 2. The van der Waals surface area contributed by atoms with Gasteiger partial charge in [0.1, 0.15) is 5.00 Å². The van der Waals surface area contributed by atoms with Gasteiger partial charge in [0.25, 0.3) is 5.91 Å². The van der Waals surface area contributed by atoms with E-state index in [0.29, 0.717) is 22.8 Å². The highest BCUT2D eigenvalue weighted by atomic mass is 32.1. The number of nitrogens with zero attached hydrogens (tertiary/aromatic N) is 2. The maximum atomic E-state index is 12.2. The smallest absolute Gasteiger partial charge is 0.341 e. The molecular formula is C15H19N3O3S. The van der Waals surface area contributed by atoms with Crippen molar-refractivity contribution in [3.8, 4) is 0 Å². The molecule has 0 fully saturated rings. The zero-order valence-electron chi connectivity index (χ0n) is 13.0. The van der Waals surface area contributed by atoms with Crippen LogP contribution >= 0.6 is 11.3 Å². The number of hydrogen-bond donors (Lipinski definition) is 1. The monoisotopic (exact) mass is 321 g/mol. The van der Waals surface area contributed by atoms with Gasteiger partial charge in [-0.15, -0.1) is 11.3 Å². The van der Waals surface area contributed by atoms with Gasteiger partial charge in [-0.3, -0.25) is 9.48 Å². The Morgan fingerprint density at radius 3 is 2.77 bits per heavy atom. The first kappa shape index (κ1) is 16.2. The quantitative estimate of drug-likeness (QED) is 0.859. The van der Waals surface area contributed by atoms with Gasteiger partial charge in [-0.1, -0.05) is 0 Å². The first-order chi connectivity index (χ1) is 10.4. The summed E-state index contributed by atoms with van der Waals surface area (Å²) in [6.45, 7) is 8.08. The number of nitrogens with one attached hydrogen (secondary N) is 1. The number of carbonyl (C=O) groups excluding carboxylic acids is 2. The van der Waals surface area contributed by atoms with Gasteiger partial charge in [0.15, 0.2) is 5.69 Å². The standard InChI is InChI=1S/C15H19N3O3S/c1-5-18-7-6-12(17-18)13(19)16-14-11(8-10(4)22-14)15(20)21-9(2)3/h6-9H,5H2,1-4H3,(H,16,19). The molecule has 0 atom stereocenters. The molecule has 0 spiro atoms. The number of aromatic nitrogens is 2. The summed E-state index contributed by atoms with van der Waals surface area (Å²) in [4.78, 5) is 25.2. The molecule has 0 aromatic carbocycles. The molecule has 0 aliphatic rings. The van der Waals surface area contributed by atoms with E-state index in [1.54, 1.807) is 36.9 Å². The largest absolute Gasteiger partial charge is 0.459 e. The number of anilines is 1. The second-order valence-corrected chi connectivity index (χ2v) is 6.32. The summed E-state index contributed by atoms with van der Waals surface area (Å²) in [5, 5.41) is 7.38. The van der Waals surface area contributed by atoms with Crippen molar-refractivity contribution in [1.82, 2.24) is 9.78 Å². The van der Waals surface area contributed by atoms with Crippen LogP contribution in [0.2, 0.25) is 0 Å². The average Bonchev–Trinajstić information content (AvgIpc) is 3.04. The fraction of sp³-hybridized carbons (Fsp3) is 0.400. The third-order valence-corrected chi connectivity index (χ3v) is 3.81. The lowest BCUT2D eigenvalue weighted by Crippen LogP contribution is -2.16. The van der Waals surface area contributed by atoms with Crippen LogP contribution in [0.15, 0.2) is 18.3 Å². The van der Waals surface area contributed by atoms with E-state index in [4.69, 9.17) is 4.74 Å². The molecule has 0 saturated carbocycles. The normalized spacial score (nSPS) is 10.8. The number of amides is 1. The summed E-state index contributed by atoms with van der Waals surface area (Å²) in [6, 6.07) is 3.36. The molecule has 7 heteroatoms. The van der Waals surface area contributed by atoms with Crippen LogP contribution in [0.3, 0.4) is 0 Å². The molecule has 0 saturated heterocycles. The highest BCUT2D eigenvalue weighted by molar-refractivity contribution is 7.16. The fourth-order valence-corrected chi connectivity index (χ4v) is 2.76. The van der Waals surface area contributed by atoms with Crippen LogP contribution in [0.1, 0.15) is 46.5 Å². The van der Waals surface area contributed by atoms with Crippen LogP contribution in [-0.4, -0.2) is 27.8 Å². The lowest BCUT2D eigenvalue weighted by atomic mass is 10.3. The van der Waals surface area contributed by atoms with Gasteiger partial charge in [-0.05, 0) is 39.8 Å². The van der Waals surface area contributed by atoms with Crippen molar-refractivity contribution >= 4 is 28.2 Å². The number of thiophene rings is 1. The van der Waals surface area contributed by atoms with Crippen LogP contribution < -0.4 is 5.32 Å². The average molecular weight is 321 g/mol. The molecular weight excluding hydrogens is 302 g/mol. The lowest BCUT2D eigenvalue weighted by molar-refractivity contribution is 0.0379. The molecule has 0 unspecified atom stereocenters. The molecule has 0 radical (unpaired) electrons. The highest BCUT2D eigenvalue weighted by Crippen LogP contribution is 2.29. The van der Waals surface area contributed by atoms with Gasteiger partial charge in [-0.25, -0.2) is 4.79 Å². The summed E-state index contributed by atoms with van der Waals surface area (Å²) < 4.78 is 6.86. The fourth-order valence-electron chi connectivity index (χ4n) is 1.86. The van der Waals surface area contributed by atoms with Crippen LogP contribution in [0, 0.1) is 6.92 Å². The van der Waals surface area contributed by atoms with E-state index in [9.17, 15) is 9.59 Å². The van der Waals surface area contributed by atoms with Gasteiger partial charge in [0.2, 0.25) is 0 Å². The van der Waals surface area contributed by atoms with Crippen molar-refractivity contribution in [1.29, 1.82) is 0 Å². The van der Waals surface area contributed by atoms with Crippen molar-refractivity contribution in [2.75, 3.05) is 5.32 Å². The summed E-state index contributed by atoms with van der Waals surface area (Å²) in [5.41, 5.74) is 0.690. The predicted molar refractivity (Wildman–Crippen MR) is 85.5 cm³/mol. The minimum absolute atomic E-state index is 0.212. The second-order valence-electron chi connectivity index (χ2n) is 5.06. The molecule has 1 N–H and O–H groups in total. The summed E-state index contributed by atoms with van der Waals surface area (Å²) in [5.74, 6) is -0.776. The van der Waals surface area contributed by atoms with Crippen molar-refractivity contribution in [3.63, 3.8) is 0 Å². The Morgan fingerprint density at radius 2 is 2.18 bits per heavy atom. The minimum Gasteiger partial charge on any atom is -0.459 e. The summed E-state index contributed by atoms with van der Waals surface area (Å²) in [6.07, 6.45) is 1.53. The van der Waals surface area contributed by atoms with Crippen molar-refractivity contribution in [2.24, 2.45) is 0 Å². The van der Waals surface area contributed by atoms with Crippen LogP contribution in [-0.2, 0) is 11.3 Å². The Labute approximate surface area is 133 Å². The zero-order chi connectivity index (χ0) is 16.3. The van der Waals surface area contributed by atoms with Crippen molar-refractivity contribution in [2.45, 2.75) is 40.3 Å². The zero-order valence-corrected chi connectivity index (χ0v) is 13.9. The van der Waals surface area contributed by atoms with E-state index < -0.39 is 5.97 Å². The molecule has 22 heavy (non-hydrogen) atoms. The van der Waals surface area contributed by atoms with E-state index in [-0.39, 0.29) is 12.0 Å². The van der Waals surface area contributed by atoms with E-state index in [1.807, 2.05) is 13.8 Å². The summed E-state index contributed by atoms with van der Waals surface area (Å²) in [7, 11) is 0. The molecule has 2 rings (SSSR count). The van der Waals surface area contributed by atoms with Gasteiger partial charge in [0.05, 0.1) is 11.7 Å². The maximum absolute atomic E-state index is 12.2. The SMILES string of the molecule is CCn1ccc(C(=O)Nc2sc(C)cc2C(=O)OC(C)C)n1. The van der Waals surface area contributed by atoms with Crippen LogP contribution in [0.5, 0.6) is 0 Å². The molecule has 0 aliphatic carbocycles. The molecule has 0 bridgehead atoms. The number of carbonyl (C=O) groups is 2. The molecule has 2 aromatic rings. The predicted octanol–water partition coefficient (Wildman–Crippen LogP) is 3.09. The molecule has 118 valence electrons. The molecule has 2 aromatic heterocycles. The number of ether oxygens (including phenoxy) is 1. The Hall–Kier alpha value is -2.15. The van der Waals surface area contributed by atoms with Gasteiger partial charge in [0, 0.05) is 17.6 Å². The molecule has 6 nitrogen and oxygen atoms in total. The Morgan fingerprint density at radius 1 is 1.45 bits per heavy atom. The Kier molecular flexibility index (Phi) is 4.97. The second kappa shape index (κ2) is 6.74. The molecule has 0 aliphatic heterocycles. The minimum atomic E-state index is -0.436. The van der Waals surface area contributed by atoms with Gasteiger partial charge >= 0.3 is 5.97 Å². The maximum Gasteiger partial charge on any atom is 0.341 e. The Bertz CT molecular complexity index is 688. The van der Waals surface area contributed by atoms with Crippen molar-refractivity contribution < 1.29 is 14.3 Å². The first-order valence-electron chi connectivity index (χ1n) is 7.07. The van der Waals surface area contributed by atoms with E-state index in [2.05, 4.69) is 10.4 Å². The van der Waals surface area contributed by atoms with E-state index in [1.165, 1.54) is 11.3 Å². The van der Waals surface area contributed by atoms with Crippen molar-refractivity contribution in [3.05, 3.63) is 34.5 Å². The number of hydrogen-bond acceptors (Lipinski definition) is 5. The van der Waals surface area contributed by atoms with Crippen LogP contribution in [0.25, 0.3) is 0 Å². The van der Waals surface area contributed by atoms with Gasteiger partial charge in [-0.2, -0.15) is 5.10 Å². The number of esters is 1. The van der Waals surface area contributed by atoms with E-state index >= 15 is 0 Å². The van der Waals surface area contributed by atoms with Gasteiger partial charge < -0.3 is 10.1 Å². The highest BCUT2D eigenvalue weighted by Gasteiger charge is 2.20. The topological polar surface area (TPSA) is 73.2 Å². The molecule has 2 heterocycles. The molecule has 1 amide bonds. The summed E-state index contributed by atoms with van der Waals surface area (Å²) >= 11 is 1.34. The third-order valence-electron chi connectivity index (χ3n) is 2.84. The third kappa shape index (κ3) is 3.73. The first-order valence-corrected chi connectivity index (χ1v) is 7.88. The Balaban J connectivity index is 2.18. The lowest BCUT2D eigenvalue weighted by Gasteiger charge is -2.08. The van der Waals surface area contributed by atoms with Crippen LogP contribution in [0.4, 0.5) is 5.00 Å². The number of rotatable bonds is 5.